The van der Waals surface area contributed by atoms with Gasteiger partial charge in [0.25, 0.3) is 0 Å². The van der Waals surface area contributed by atoms with Gasteiger partial charge in [0.2, 0.25) is 0 Å². The van der Waals surface area contributed by atoms with Gasteiger partial charge in [-0.2, -0.15) is 5.10 Å². The second kappa shape index (κ2) is 6.50. The van der Waals surface area contributed by atoms with E-state index in [1.807, 2.05) is 37.7 Å². The average molecular weight is 309 g/mol. The Hall–Kier alpha value is -1.52. The zero-order chi connectivity index (χ0) is 15.6. The van der Waals surface area contributed by atoms with E-state index in [-0.39, 0.29) is 0 Å². The van der Waals surface area contributed by atoms with Crippen LogP contribution in [0.5, 0.6) is 5.75 Å². The first-order chi connectivity index (χ1) is 9.92. The Balaban J connectivity index is 2.15. The summed E-state index contributed by atoms with van der Waals surface area (Å²) < 4.78 is 7.16. The number of aromatic nitrogens is 2. The van der Waals surface area contributed by atoms with E-state index in [1.165, 1.54) is 0 Å². The van der Waals surface area contributed by atoms with E-state index in [4.69, 9.17) is 16.3 Å². The van der Waals surface area contributed by atoms with E-state index in [1.54, 1.807) is 13.2 Å². The number of ether oxygens (including phenoxy) is 1. The molecule has 1 aromatic heterocycles. The molecule has 0 aliphatic rings. The van der Waals surface area contributed by atoms with E-state index in [0.717, 1.165) is 28.3 Å². The Morgan fingerprint density at radius 2 is 2.05 bits per heavy atom. The Bertz CT molecular complexity index is 637. The molecule has 0 spiro atoms. The molecule has 114 valence electrons. The molecule has 4 nitrogen and oxygen atoms in total. The summed E-state index contributed by atoms with van der Waals surface area (Å²) in [6.07, 6.45) is 0.567. The van der Waals surface area contributed by atoms with Gasteiger partial charge in [0.15, 0.2) is 0 Å². The summed E-state index contributed by atoms with van der Waals surface area (Å²) in [6.45, 7) is 3.98. The largest absolute Gasteiger partial charge is 0.496 e. The molecule has 0 saturated heterocycles. The third-order valence-electron chi connectivity index (χ3n) is 3.80. The molecule has 2 rings (SSSR count). The molecule has 1 N–H and O–H groups in total. The molecule has 0 saturated carbocycles. The van der Waals surface area contributed by atoms with Crippen LogP contribution in [0.1, 0.15) is 22.5 Å². The predicted octanol–water partition coefficient (Wildman–Crippen LogP) is 2.85. The van der Waals surface area contributed by atoms with Crippen molar-refractivity contribution in [2.45, 2.75) is 32.8 Å². The lowest BCUT2D eigenvalue weighted by atomic mass is 9.99. The van der Waals surface area contributed by atoms with Crippen LogP contribution in [0.2, 0.25) is 5.02 Å². The number of aliphatic hydroxyl groups is 1. The van der Waals surface area contributed by atoms with Crippen molar-refractivity contribution < 1.29 is 9.84 Å². The minimum atomic E-state index is -0.501. The molecule has 0 amide bonds. The molecule has 1 atom stereocenters. The van der Waals surface area contributed by atoms with E-state index in [9.17, 15) is 5.11 Å². The van der Waals surface area contributed by atoms with E-state index < -0.39 is 6.10 Å². The molecule has 0 fully saturated rings. The third-order valence-corrected chi connectivity index (χ3v) is 4.03. The minimum absolute atomic E-state index is 0.498. The SMILES string of the molecule is COc1ccc(Cl)cc1CC(O)Cc1c(C)nn(C)c1C. The van der Waals surface area contributed by atoms with Gasteiger partial charge in [0.05, 0.1) is 18.9 Å². The Morgan fingerprint density at radius 1 is 1.33 bits per heavy atom. The van der Waals surface area contributed by atoms with Gasteiger partial charge >= 0.3 is 0 Å². The highest BCUT2D eigenvalue weighted by Crippen LogP contribution is 2.25. The fourth-order valence-electron chi connectivity index (χ4n) is 2.58. The van der Waals surface area contributed by atoms with Crippen molar-refractivity contribution in [1.29, 1.82) is 0 Å². The number of aryl methyl sites for hydroxylation is 2. The molecule has 0 radical (unpaired) electrons. The summed E-state index contributed by atoms with van der Waals surface area (Å²) in [5.41, 5.74) is 4.07. The fraction of sp³-hybridized carbons (Fsp3) is 0.438. The molecule has 0 aliphatic carbocycles. The molecular weight excluding hydrogens is 288 g/mol. The standard InChI is InChI=1S/C16H21ClN2O2/c1-10-15(11(2)19(3)18-10)9-14(20)8-12-7-13(17)5-6-16(12)21-4/h5-7,14,20H,8-9H2,1-4H3. The highest BCUT2D eigenvalue weighted by Gasteiger charge is 2.16. The summed E-state index contributed by atoms with van der Waals surface area (Å²) in [6, 6.07) is 5.45. The topological polar surface area (TPSA) is 47.3 Å². The van der Waals surface area contributed by atoms with E-state index in [2.05, 4.69) is 5.10 Å². The number of benzene rings is 1. The van der Waals surface area contributed by atoms with E-state index in [0.29, 0.717) is 17.9 Å². The van der Waals surface area contributed by atoms with Gasteiger partial charge in [-0.1, -0.05) is 11.6 Å². The number of nitrogens with zero attached hydrogens (tertiary/aromatic N) is 2. The van der Waals surface area contributed by atoms with Crippen molar-refractivity contribution in [1.82, 2.24) is 9.78 Å². The first-order valence-corrected chi connectivity index (χ1v) is 7.29. The van der Waals surface area contributed by atoms with Crippen LogP contribution >= 0.6 is 11.6 Å². The van der Waals surface area contributed by atoms with Gasteiger partial charge in [-0.05, 0) is 43.2 Å². The quantitative estimate of drug-likeness (QED) is 0.924. The summed E-state index contributed by atoms with van der Waals surface area (Å²) in [4.78, 5) is 0. The summed E-state index contributed by atoms with van der Waals surface area (Å²) >= 11 is 6.02. The van der Waals surface area contributed by atoms with Crippen LogP contribution in [-0.4, -0.2) is 28.1 Å². The van der Waals surface area contributed by atoms with Crippen molar-refractivity contribution in [2.24, 2.45) is 7.05 Å². The molecule has 1 aromatic carbocycles. The van der Waals surface area contributed by atoms with Crippen LogP contribution in [0.3, 0.4) is 0 Å². The van der Waals surface area contributed by atoms with Gasteiger partial charge in [0, 0.05) is 30.6 Å². The van der Waals surface area contributed by atoms with Crippen LogP contribution in [-0.2, 0) is 19.9 Å². The van der Waals surface area contributed by atoms with Gasteiger partial charge in [-0.3, -0.25) is 4.68 Å². The zero-order valence-electron chi connectivity index (χ0n) is 12.9. The van der Waals surface area contributed by atoms with Crippen LogP contribution in [0.4, 0.5) is 0 Å². The van der Waals surface area contributed by atoms with Gasteiger partial charge in [0.1, 0.15) is 5.75 Å². The number of methoxy groups -OCH3 is 1. The minimum Gasteiger partial charge on any atom is -0.496 e. The molecule has 1 heterocycles. The van der Waals surface area contributed by atoms with Crippen LogP contribution < -0.4 is 4.74 Å². The molecule has 0 aliphatic heterocycles. The maximum absolute atomic E-state index is 10.4. The second-order valence-electron chi connectivity index (χ2n) is 5.29. The Morgan fingerprint density at radius 3 is 2.62 bits per heavy atom. The van der Waals surface area contributed by atoms with E-state index >= 15 is 0 Å². The van der Waals surface area contributed by atoms with Crippen LogP contribution in [0, 0.1) is 13.8 Å². The van der Waals surface area contributed by atoms with Crippen molar-refractivity contribution in [3.05, 3.63) is 45.7 Å². The van der Waals surface area contributed by atoms with Gasteiger partial charge in [-0.15, -0.1) is 0 Å². The second-order valence-corrected chi connectivity index (χ2v) is 5.73. The lowest BCUT2D eigenvalue weighted by molar-refractivity contribution is 0.174. The number of hydrogen-bond acceptors (Lipinski definition) is 3. The number of rotatable bonds is 5. The Labute approximate surface area is 130 Å². The van der Waals surface area contributed by atoms with Gasteiger partial charge < -0.3 is 9.84 Å². The van der Waals surface area contributed by atoms with Crippen molar-refractivity contribution in [3.8, 4) is 5.75 Å². The van der Waals surface area contributed by atoms with Crippen LogP contribution in [0.15, 0.2) is 18.2 Å². The summed E-state index contributed by atoms with van der Waals surface area (Å²) in [5, 5.41) is 15.4. The highest BCUT2D eigenvalue weighted by atomic mass is 35.5. The molecule has 2 aromatic rings. The van der Waals surface area contributed by atoms with Crippen molar-refractivity contribution in [2.75, 3.05) is 7.11 Å². The summed E-state index contributed by atoms with van der Waals surface area (Å²) in [7, 11) is 3.53. The Kier molecular flexibility index (Phi) is 4.91. The zero-order valence-corrected chi connectivity index (χ0v) is 13.6. The van der Waals surface area contributed by atoms with Crippen molar-refractivity contribution in [3.63, 3.8) is 0 Å². The normalized spacial score (nSPS) is 12.5. The highest BCUT2D eigenvalue weighted by molar-refractivity contribution is 6.30. The number of hydrogen-bond donors (Lipinski definition) is 1. The first kappa shape index (κ1) is 15.9. The fourth-order valence-corrected chi connectivity index (χ4v) is 2.78. The lowest BCUT2D eigenvalue weighted by Crippen LogP contribution is -2.15. The summed E-state index contributed by atoms with van der Waals surface area (Å²) in [5.74, 6) is 0.748. The first-order valence-electron chi connectivity index (χ1n) is 6.92. The maximum atomic E-state index is 10.4. The predicted molar refractivity (Wildman–Crippen MR) is 84.1 cm³/mol. The number of aliphatic hydroxyl groups excluding tert-OH is 1. The van der Waals surface area contributed by atoms with Crippen molar-refractivity contribution >= 4 is 11.6 Å². The third kappa shape index (κ3) is 3.57. The molecular formula is C16H21ClN2O2. The average Bonchev–Trinajstić information content (AvgIpc) is 2.66. The molecule has 1 unspecified atom stereocenters. The van der Waals surface area contributed by atoms with Gasteiger partial charge in [-0.25, -0.2) is 0 Å². The molecule has 0 bridgehead atoms. The number of halogens is 1. The molecule has 5 heteroatoms. The maximum Gasteiger partial charge on any atom is 0.122 e. The monoisotopic (exact) mass is 308 g/mol. The lowest BCUT2D eigenvalue weighted by Gasteiger charge is -2.14. The van der Waals surface area contributed by atoms with Crippen LogP contribution in [0.25, 0.3) is 0 Å². The smallest absolute Gasteiger partial charge is 0.122 e. The molecule has 21 heavy (non-hydrogen) atoms.